The van der Waals surface area contributed by atoms with E-state index in [1.807, 2.05) is 11.4 Å². The summed E-state index contributed by atoms with van der Waals surface area (Å²) in [5, 5.41) is 11.8. The number of hydrogen-bond donors (Lipinski definition) is 1. The van der Waals surface area contributed by atoms with Crippen molar-refractivity contribution >= 4 is 43.7 Å². The Hall–Kier alpha value is -2.35. The van der Waals surface area contributed by atoms with Crippen LogP contribution in [0.25, 0.3) is 5.00 Å². The molecule has 0 spiro atoms. The lowest BCUT2D eigenvalue weighted by Crippen LogP contribution is -2.39. The van der Waals surface area contributed by atoms with Crippen molar-refractivity contribution < 1.29 is 13.2 Å². The van der Waals surface area contributed by atoms with Gasteiger partial charge in [0.2, 0.25) is 15.9 Å². The van der Waals surface area contributed by atoms with Crippen LogP contribution >= 0.6 is 22.7 Å². The Kier molecular flexibility index (Phi) is 5.86. The average Bonchev–Trinajstić information content (AvgIpc) is 3.44. The van der Waals surface area contributed by atoms with Crippen molar-refractivity contribution in [3.8, 4) is 5.00 Å². The van der Waals surface area contributed by atoms with Crippen molar-refractivity contribution in [3.63, 3.8) is 0 Å². The number of nitrogens with one attached hydrogen (secondary N) is 1. The van der Waals surface area contributed by atoms with Crippen LogP contribution < -0.4 is 11.0 Å². The molecule has 1 unspecified atom stereocenters. The van der Waals surface area contributed by atoms with Crippen molar-refractivity contribution in [2.45, 2.75) is 25.3 Å². The number of nitrogens with zero attached hydrogens (tertiary/aromatic N) is 5. The summed E-state index contributed by atoms with van der Waals surface area (Å²) in [6.07, 6.45) is 4.14. The minimum Gasteiger partial charge on any atom is -0.300 e. The van der Waals surface area contributed by atoms with E-state index in [0.717, 1.165) is 4.68 Å². The van der Waals surface area contributed by atoms with Gasteiger partial charge in [0, 0.05) is 30.6 Å². The second kappa shape index (κ2) is 8.41. The van der Waals surface area contributed by atoms with Gasteiger partial charge in [-0.1, -0.05) is 0 Å². The monoisotopic (exact) mass is 468 g/mol. The van der Waals surface area contributed by atoms with Gasteiger partial charge in [0.15, 0.2) is 5.13 Å². The van der Waals surface area contributed by atoms with Gasteiger partial charge in [0.05, 0.1) is 6.26 Å². The Morgan fingerprint density at radius 1 is 1.33 bits per heavy atom. The number of thiophene rings is 1. The molecule has 10 nitrogen and oxygen atoms in total. The summed E-state index contributed by atoms with van der Waals surface area (Å²) in [4.78, 5) is 29.5. The molecule has 4 rings (SSSR count). The Balaban J connectivity index is 1.66. The first-order valence-electron chi connectivity index (χ1n) is 9.21. The molecule has 13 heteroatoms. The molecule has 1 saturated heterocycles. The number of sulfonamides is 1. The van der Waals surface area contributed by atoms with Gasteiger partial charge >= 0.3 is 5.69 Å². The molecule has 0 bridgehead atoms. The summed E-state index contributed by atoms with van der Waals surface area (Å²) in [7, 11) is -3.34. The number of anilines is 1. The van der Waals surface area contributed by atoms with Crippen molar-refractivity contribution in [2.75, 3.05) is 24.7 Å². The smallest absolute Gasteiger partial charge is 0.300 e. The van der Waals surface area contributed by atoms with E-state index >= 15 is 0 Å². The highest BCUT2D eigenvalue weighted by Gasteiger charge is 2.32. The highest BCUT2D eigenvalue weighted by molar-refractivity contribution is 7.88. The number of amides is 1. The molecule has 0 aromatic carbocycles. The molecule has 0 radical (unpaired) electrons. The third kappa shape index (κ3) is 4.38. The number of carbonyl (C=O) groups excluding carboxylic acids is 1. The summed E-state index contributed by atoms with van der Waals surface area (Å²) in [6, 6.07) is 3.63. The van der Waals surface area contributed by atoms with Crippen LogP contribution in [0.1, 0.15) is 24.6 Å². The van der Waals surface area contributed by atoms with E-state index in [4.69, 9.17) is 0 Å². The molecule has 1 amide bonds. The molecule has 30 heavy (non-hydrogen) atoms. The number of thiazole rings is 1. The molecular formula is C17H20N6O4S3. The number of rotatable bonds is 6. The maximum absolute atomic E-state index is 13.1. The van der Waals surface area contributed by atoms with Crippen molar-refractivity contribution in [3.05, 3.63) is 45.4 Å². The van der Waals surface area contributed by atoms with Crippen LogP contribution in [0.4, 0.5) is 5.13 Å². The molecule has 1 N–H and O–H groups in total. The minimum atomic E-state index is -3.34. The lowest BCUT2D eigenvalue weighted by molar-refractivity contribution is -0.117. The molecule has 1 fully saturated rings. The van der Waals surface area contributed by atoms with Crippen LogP contribution in [0.15, 0.2) is 33.9 Å². The number of hydrogen-bond acceptors (Lipinski definition) is 8. The van der Waals surface area contributed by atoms with Crippen LogP contribution in [0.5, 0.6) is 0 Å². The summed E-state index contributed by atoms with van der Waals surface area (Å²) >= 11 is 2.66. The normalized spacial score (nSPS) is 17.8. The first-order chi connectivity index (χ1) is 14.3. The molecule has 1 aliphatic rings. The van der Waals surface area contributed by atoms with Gasteiger partial charge < -0.3 is 5.32 Å². The van der Waals surface area contributed by atoms with E-state index < -0.39 is 21.6 Å². The fraction of sp³-hybridized carbons (Fsp3) is 0.412. The lowest BCUT2D eigenvalue weighted by atomic mass is 9.99. The van der Waals surface area contributed by atoms with E-state index in [-0.39, 0.29) is 19.0 Å². The van der Waals surface area contributed by atoms with Gasteiger partial charge in [-0.15, -0.1) is 22.7 Å². The molecule has 160 valence electrons. The van der Waals surface area contributed by atoms with Gasteiger partial charge in [-0.2, -0.15) is 5.10 Å². The van der Waals surface area contributed by atoms with E-state index in [2.05, 4.69) is 15.4 Å². The Bertz CT molecular complexity index is 1180. The molecular weight excluding hydrogens is 448 g/mol. The zero-order valence-corrected chi connectivity index (χ0v) is 18.5. The molecule has 4 heterocycles. The first kappa shape index (κ1) is 20.9. The van der Waals surface area contributed by atoms with Crippen LogP contribution in [-0.4, -0.2) is 57.3 Å². The third-order valence-electron chi connectivity index (χ3n) is 4.78. The Labute approximate surface area is 180 Å². The summed E-state index contributed by atoms with van der Waals surface area (Å²) in [6.45, 7) is 0.452. The van der Waals surface area contributed by atoms with E-state index in [1.165, 1.54) is 37.8 Å². The lowest BCUT2D eigenvalue weighted by Gasteiger charge is -2.30. The van der Waals surface area contributed by atoms with Crippen LogP contribution in [0.3, 0.4) is 0 Å². The second-order valence-corrected chi connectivity index (χ2v) is 10.7. The van der Waals surface area contributed by atoms with E-state index in [9.17, 15) is 18.0 Å². The first-order valence-corrected chi connectivity index (χ1v) is 12.8. The van der Waals surface area contributed by atoms with Crippen LogP contribution in [0.2, 0.25) is 0 Å². The zero-order valence-electron chi connectivity index (χ0n) is 16.1. The molecule has 0 saturated carbocycles. The molecule has 3 aromatic rings. The average molecular weight is 469 g/mol. The number of carbonyl (C=O) groups is 1. The predicted octanol–water partition coefficient (Wildman–Crippen LogP) is 1.33. The third-order valence-corrected chi connectivity index (χ3v) is 7.59. The fourth-order valence-electron chi connectivity index (χ4n) is 3.43. The zero-order chi connectivity index (χ0) is 21.3. The van der Waals surface area contributed by atoms with Crippen molar-refractivity contribution in [1.82, 2.24) is 23.6 Å². The van der Waals surface area contributed by atoms with E-state index in [0.29, 0.717) is 35.3 Å². The predicted molar refractivity (Wildman–Crippen MR) is 115 cm³/mol. The molecule has 1 aliphatic heterocycles. The number of piperidine rings is 1. The molecule has 3 aromatic heterocycles. The standard InChI is InChI=1S/C17H20N6O4S3/c1-30(26,27)21-7-2-4-12(10-21)15-20-22(11-13(24)19-16-18-6-9-29-16)17(25)23(15)14-5-3-8-28-14/h3,5-6,8-9,12H,2,4,7,10-11H2,1H3,(H,18,19,24). The van der Waals surface area contributed by atoms with Gasteiger partial charge in [-0.3, -0.25) is 4.79 Å². The summed E-state index contributed by atoms with van der Waals surface area (Å²) < 4.78 is 28.1. The number of aromatic nitrogens is 4. The Morgan fingerprint density at radius 2 is 2.17 bits per heavy atom. The topological polar surface area (TPSA) is 119 Å². The quantitative estimate of drug-likeness (QED) is 0.583. The summed E-state index contributed by atoms with van der Waals surface area (Å²) in [5.41, 5.74) is -0.432. The van der Waals surface area contributed by atoms with Crippen LogP contribution in [0, 0.1) is 0 Å². The van der Waals surface area contributed by atoms with Crippen molar-refractivity contribution in [1.29, 1.82) is 0 Å². The van der Waals surface area contributed by atoms with E-state index in [1.54, 1.807) is 17.6 Å². The SMILES string of the molecule is CS(=O)(=O)N1CCCC(c2nn(CC(=O)Nc3nccs3)c(=O)n2-c2cccs2)C1. The van der Waals surface area contributed by atoms with Crippen molar-refractivity contribution in [2.24, 2.45) is 0 Å². The maximum Gasteiger partial charge on any atom is 0.351 e. The minimum absolute atomic E-state index is 0.244. The molecule has 0 aliphatic carbocycles. The van der Waals surface area contributed by atoms with Gasteiger partial charge in [0.25, 0.3) is 0 Å². The van der Waals surface area contributed by atoms with Crippen LogP contribution in [-0.2, 0) is 21.4 Å². The Morgan fingerprint density at radius 3 is 2.83 bits per heavy atom. The van der Waals surface area contributed by atoms with Gasteiger partial charge in [0.1, 0.15) is 17.4 Å². The second-order valence-electron chi connectivity index (χ2n) is 6.93. The highest BCUT2D eigenvalue weighted by Crippen LogP contribution is 2.28. The van der Waals surface area contributed by atoms with Gasteiger partial charge in [-0.25, -0.2) is 31.8 Å². The van der Waals surface area contributed by atoms with Gasteiger partial charge in [-0.05, 0) is 30.4 Å². The summed E-state index contributed by atoms with van der Waals surface area (Å²) in [5.74, 6) is -0.180. The highest BCUT2D eigenvalue weighted by atomic mass is 32.2. The fourth-order valence-corrected chi connectivity index (χ4v) is 5.62. The maximum atomic E-state index is 13.1. The largest absolute Gasteiger partial charge is 0.351 e. The molecule has 1 atom stereocenters.